The largest absolute Gasteiger partial charge is 0.368 e. The Bertz CT molecular complexity index is 1450. The highest BCUT2D eigenvalue weighted by Gasteiger charge is 2.44. The predicted octanol–water partition coefficient (Wildman–Crippen LogP) is 3.96. The lowest BCUT2D eigenvalue weighted by Gasteiger charge is -2.42. The summed E-state index contributed by atoms with van der Waals surface area (Å²) in [6.45, 7) is 0.796. The fourth-order valence-corrected chi connectivity index (χ4v) is 4.48. The molecule has 3 aromatic carbocycles. The van der Waals surface area contributed by atoms with Crippen molar-refractivity contribution in [3.8, 4) is 0 Å². The molecule has 1 saturated heterocycles. The third-order valence-corrected chi connectivity index (χ3v) is 6.48. The van der Waals surface area contributed by atoms with Crippen LogP contribution < -0.4 is 11.2 Å². The second-order valence-corrected chi connectivity index (χ2v) is 9.22. The number of aromatic nitrogens is 2. The zero-order chi connectivity index (χ0) is 27.0. The molecule has 4 aromatic rings. The smallest absolute Gasteiger partial charge is 0.330 e. The summed E-state index contributed by atoms with van der Waals surface area (Å²) in [6.07, 6.45) is -2.38. The third kappa shape index (κ3) is 6.76. The molecule has 202 valence electrons. The van der Waals surface area contributed by atoms with Crippen LogP contribution in [0.15, 0.2) is 107 Å². The standard InChI is InChI=1S/C30H29FN2O6/c31-24-16-33(30(35)32-28(24)34)29-27(38-19-23-14-8-3-9-15-23)26(37-18-22-12-6-2-7-13-22)25(20-39-29)36-17-21-10-4-1-5-11-21/h1-16,25-27,29H,17-20H2,(H,32,34,35)/t25-,26-,27-,29+/m0/s1. The first-order valence-electron chi connectivity index (χ1n) is 12.7. The zero-order valence-electron chi connectivity index (χ0n) is 21.2. The van der Waals surface area contributed by atoms with Gasteiger partial charge in [0.25, 0.3) is 5.56 Å². The van der Waals surface area contributed by atoms with Crippen LogP contribution in [0.1, 0.15) is 22.9 Å². The first kappa shape index (κ1) is 26.7. The molecule has 8 nitrogen and oxygen atoms in total. The number of benzene rings is 3. The summed E-state index contributed by atoms with van der Waals surface area (Å²) < 4.78 is 40.4. The molecule has 0 spiro atoms. The third-order valence-electron chi connectivity index (χ3n) is 6.48. The van der Waals surface area contributed by atoms with Crippen LogP contribution in [0.5, 0.6) is 0 Å². The van der Waals surface area contributed by atoms with E-state index in [0.29, 0.717) is 6.61 Å². The van der Waals surface area contributed by atoms with Crippen molar-refractivity contribution in [2.24, 2.45) is 0 Å². The number of rotatable bonds is 10. The predicted molar refractivity (Wildman–Crippen MR) is 141 cm³/mol. The average Bonchev–Trinajstić information content (AvgIpc) is 2.97. The molecule has 0 aliphatic carbocycles. The quantitative estimate of drug-likeness (QED) is 0.333. The van der Waals surface area contributed by atoms with E-state index < -0.39 is 41.6 Å². The number of halogens is 1. The van der Waals surface area contributed by atoms with E-state index in [0.717, 1.165) is 27.5 Å². The summed E-state index contributed by atoms with van der Waals surface area (Å²) in [7, 11) is 0. The molecule has 4 atom stereocenters. The van der Waals surface area contributed by atoms with E-state index in [1.807, 2.05) is 96.0 Å². The van der Waals surface area contributed by atoms with Gasteiger partial charge in [-0.15, -0.1) is 0 Å². The van der Waals surface area contributed by atoms with Crippen molar-refractivity contribution >= 4 is 0 Å². The minimum atomic E-state index is -1.11. The van der Waals surface area contributed by atoms with Gasteiger partial charge in [0.15, 0.2) is 6.23 Å². The Kier molecular flexibility index (Phi) is 8.75. The van der Waals surface area contributed by atoms with Crippen LogP contribution in [-0.2, 0) is 38.8 Å². The Morgan fingerprint density at radius 1 is 0.744 bits per heavy atom. The minimum Gasteiger partial charge on any atom is -0.368 e. The lowest BCUT2D eigenvalue weighted by atomic mass is 10.0. The van der Waals surface area contributed by atoms with Gasteiger partial charge in [-0.25, -0.2) is 4.79 Å². The SMILES string of the molecule is O=c1[nH]c(=O)n([C@@H]2OC[C@H](OCc3ccccc3)[C@H](OCc3ccccc3)[C@@H]2OCc2ccccc2)cc1F. The second kappa shape index (κ2) is 12.8. The monoisotopic (exact) mass is 532 g/mol. The molecule has 0 radical (unpaired) electrons. The van der Waals surface area contributed by atoms with E-state index >= 15 is 0 Å². The zero-order valence-corrected chi connectivity index (χ0v) is 21.2. The number of ether oxygens (including phenoxy) is 4. The number of nitrogens with zero attached hydrogens (tertiary/aromatic N) is 1. The van der Waals surface area contributed by atoms with Crippen molar-refractivity contribution in [3.63, 3.8) is 0 Å². The Hall–Kier alpha value is -3.89. The molecule has 0 amide bonds. The van der Waals surface area contributed by atoms with Crippen molar-refractivity contribution in [3.05, 3.63) is 141 Å². The maximum atomic E-state index is 14.3. The molecule has 1 N–H and O–H groups in total. The van der Waals surface area contributed by atoms with Gasteiger partial charge in [0, 0.05) is 0 Å². The van der Waals surface area contributed by atoms with Crippen LogP contribution >= 0.6 is 0 Å². The van der Waals surface area contributed by atoms with Gasteiger partial charge in [-0.1, -0.05) is 91.0 Å². The van der Waals surface area contributed by atoms with Gasteiger partial charge in [-0.2, -0.15) is 4.39 Å². The number of nitrogens with one attached hydrogen (secondary N) is 1. The van der Waals surface area contributed by atoms with Crippen molar-refractivity contribution in [2.45, 2.75) is 44.4 Å². The maximum absolute atomic E-state index is 14.3. The van der Waals surface area contributed by atoms with E-state index in [1.165, 1.54) is 0 Å². The normalized spacial score (nSPS) is 21.1. The maximum Gasteiger partial charge on any atom is 0.330 e. The molecular formula is C30H29FN2O6. The summed E-state index contributed by atoms with van der Waals surface area (Å²) >= 11 is 0. The summed E-state index contributed by atoms with van der Waals surface area (Å²) in [6, 6.07) is 28.8. The molecule has 0 unspecified atom stereocenters. The molecule has 9 heteroatoms. The molecule has 39 heavy (non-hydrogen) atoms. The Morgan fingerprint density at radius 3 is 1.77 bits per heavy atom. The molecule has 1 aliphatic rings. The van der Waals surface area contributed by atoms with Gasteiger partial charge in [0.1, 0.15) is 18.3 Å². The van der Waals surface area contributed by atoms with E-state index in [2.05, 4.69) is 0 Å². The molecule has 0 bridgehead atoms. The summed E-state index contributed by atoms with van der Waals surface area (Å²) in [4.78, 5) is 26.4. The van der Waals surface area contributed by atoms with Crippen LogP contribution in [0.3, 0.4) is 0 Å². The lowest BCUT2D eigenvalue weighted by Crippen LogP contribution is -2.55. The Balaban J connectivity index is 1.47. The highest BCUT2D eigenvalue weighted by molar-refractivity contribution is 5.15. The van der Waals surface area contributed by atoms with E-state index in [-0.39, 0.29) is 19.8 Å². The first-order valence-corrected chi connectivity index (χ1v) is 12.7. The van der Waals surface area contributed by atoms with Gasteiger partial charge >= 0.3 is 5.69 Å². The topological polar surface area (TPSA) is 91.8 Å². The average molecular weight is 533 g/mol. The van der Waals surface area contributed by atoms with Crippen molar-refractivity contribution < 1.29 is 23.3 Å². The minimum absolute atomic E-state index is 0.0509. The molecule has 1 fully saturated rings. The fraction of sp³-hybridized carbons (Fsp3) is 0.267. The van der Waals surface area contributed by atoms with E-state index in [4.69, 9.17) is 18.9 Å². The van der Waals surface area contributed by atoms with Gasteiger partial charge in [-0.05, 0) is 16.7 Å². The van der Waals surface area contributed by atoms with E-state index in [9.17, 15) is 14.0 Å². The first-order chi connectivity index (χ1) is 19.1. The van der Waals surface area contributed by atoms with Crippen molar-refractivity contribution in [1.29, 1.82) is 0 Å². The molecule has 2 heterocycles. The number of H-pyrrole nitrogens is 1. The van der Waals surface area contributed by atoms with Crippen molar-refractivity contribution in [2.75, 3.05) is 6.61 Å². The molecule has 1 aromatic heterocycles. The Labute approximate surface area is 224 Å². The van der Waals surface area contributed by atoms with E-state index in [1.54, 1.807) is 0 Å². The summed E-state index contributed by atoms with van der Waals surface area (Å²) in [5, 5.41) is 0. The number of hydrogen-bond donors (Lipinski definition) is 1. The lowest BCUT2D eigenvalue weighted by molar-refractivity contribution is -0.257. The van der Waals surface area contributed by atoms with Gasteiger partial charge in [0.05, 0.1) is 32.6 Å². The molecular weight excluding hydrogens is 503 g/mol. The van der Waals surface area contributed by atoms with Gasteiger partial charge < -0.3 is 18.9 Å². The van der Waals surface area contributed by atoms with Crippen molar-refractivity contribution in [1.82, 2.24) is 9.55 Å². The van der Waals surface area contributed by atoms with Gasteiger partial charge in [0.2, 0.25) is 5.82 Å². The number of aromatic amines is 1. The number of hydrogen-bond acceptors (Lipinski definition) is 6. The van der Waals surface area contributed by atoms with Crippen LogP contribution in [0.2, 0.25) is 0 Å². The summed E-state index contributed by atoms with van der Waals surface area (Å²) in [5.41, 5.74) is 0.892. The highest BCUT2D eigenvalue weighted by Crippen LogP contribution is 2.31. The van der Waals surface area contributed by atoms with Crippen LogP contribution in [0, 0.1) is 5.82 Å². The molecule has 1 aliphatic heterocycles. The fourth-order valence-electron chi connectivity index (χ4n) is 4.48. The van der Waals surface area contributed by atoms with Crippen LogP contribution in [-0.4, -0.2) is 34.5 Å². The highest BCUT2D eigenvalue weighted by atomic mass is 19.1. The van der Waals surface area contributed by atoms with Crippen LogP contribution in [0.25, 0.3) is 0 Å². The molecule has 0 saturated carbocycles. The second-order valence-electron chi connectivity index (χ2n) is 9.22. The molecule has 5 rings (SSSR count). The Morgan fingerprint density at radius 2 is 1.23 bits per heavy atom. The summed E-state index contributed by atoms with van der Waals surface area (Å²) in [5.74, 6) is -1.11. The van der Waals surface area contributed by atoms with Gasteiger partial charge in [-0.3, -0.25) is 14.3 Å². The van der Waals surface area contributed by atoms with Crippen LogP contribution in [0.4, 0.5) is 4.39 Å².